The molecule has 1 atom stereocenters. The number of nitrogens with one attached hydrogen (secondary N) is 1. The molecule has 1 aromatic carbocycles. The average Bonchev–Trinajstić information content (AvgIpc) is 2.66. The third-order valence-corrected chi connectivity index (χ3v) is 6.33. The number of hydrogen-bond acceptors (Lipinski definition) is 2. The molecule has 0 radical (unpaired) electrons. The van der Waals surface area contributed by atoms with Crippen molar-refractivity contribution in [3.63, 3.8) is 0 Å². The second kappa shape index (κ2) is 11.0. The Balaban J connectivity index is 2.33. The Hall–Kier alpha value is -1.11. The van der Waals surface area contributed by atoms with Crippen molar-refractivity contribution in [2.45, 2.75) is 77.8 Å². The van der Waals surface area contributed by atoms with Crippen LogP contribution in [-0.2, 0) is 4.79 Å². The van der Waals surface area contributed by atoms with Crippen LogP contribution in [0.15, 0.2) is 24.3 Å². The molecular formula is C22H33IN2O2. The van der Waals surface area contributed by atoms with E-state index in [4.69, 9.17) is 0 Å². The van der Waals surface area contributed by atoms with Crippen molar-refractivity contribution in [1.29, 1.82) is 0 Å². The van der Waals surface area contributed by atoms with Gasteiger partial charge in [-0.3, -0.25) is 9.59 Å². The van der Waals surface area contributed by atoms with E-state index < -0.39 is 0 Å². The molecule has 4 nitrogen and oxygen atoms in total. The third-order valence-electron chi connectivity index (χ3n) is 5.39. The predicted octanol–water partition coefficient (Wildman–Crippen LogP) is 5.01. The van der Waals surface area contributed by atoms with E-state index in [1.54, 1.807) is 0 Å². The molecule has 27 heavy (non-hydrogen) atoms. The maximum Gasteiger partial charge on any atom is 0.255 e. The van der Waals surface area contributed by atoms with Crippen molar-refractivity contribution in [2.75, 3.05) is 6.54 Å². The Kier molecular flexibility index (Phi) is 9.06. The largest absolute Gasteiger partial charge is 0.354 e. The molecule has 0 spiro atoms. The van der Waals surface area contributed by atoms with E-state index in [-0.39, 0.29) is 29.8 Å². The predicted molar refractivity (Wildman–Crippen MR) is 119 cm³/mol. The summed E-state index contributed by atoms with van der Waals surface area (Å²) in [4.78, 5) is 28.5. The first kappa shape index (κ1) is 22.2. The Labute approximate surface area is 177 Å². The number of amides is 2. The highest BCUT2D eigenvalue weighted by atomic mass is 127. The number of hydrogen-bond donors (Lipinski definition) is 1. The monoisotopic (exact) mass is 484 g/mol. The van der Waals surface area contributed by atoms with Crippen LogP contribution in [0.2, 0.25) is 0 Å². The maximum atomic E-state index is 13.5. The first-order valence-corrected chi connectivity index (χ1v) is 11.4. The first-order valence-electron chi connectivity index (χ1n) is 10.3. The highest BCUT2D eigenvalue weighted by molar-refractivity contribution is 14.1. The summed E-state index contributed by atoms with van der Waals surface area (Å²) in [5.74, 6) is 0.229. The van der Waals surface area contributed by atoms with E-state index in [1.165, 1.54) is 6.42 Å². The number of benzene rings is 1. The number of rotatable bonds is 8. The summed E-state index contributed by atoms with van der Waals surface area (Å²) in [6.45, 7) is 6.83. The van der Waals surface area contributed by atoms with Gasteiger partial charge in [0.25, 0.3) is 5.91 Å². The lowest BCUT2D eigenvalue weighted by Gasteiger charge is -2.40. The smallest absolute Gasteiger partial charge is 0.255 e. The van der Waals surface area contributed by atoms with Crippen LogP contribution in [-0.4, -0.2) is 35.3 Å². The Morgan fingerprint density at radius 1 is 1.19 bits per heavy atom. The number of unbranched alkanes of at least 4 members (excludes halogenated alkanes) is 1. The molecule has 1 aliphatic rings. The lowest BCUT2D eigenvalue weighted by Crippen LogP contribution is -2.56. The SMILES string of the molecule is CCCCNC(=O)C(C1CCCCC1)N(C(=O)c1ccccc1I)C(C)C. The fourth-order valence-electron chi connectivity index (χ4n) is 3.97. The minimum Gasteiger partial charge on any atom is -0.354 e. The van der Waals surface area contributed by atoms with Gasteiger partial charge < -0.3 is 10.2 Å². The zero-order valence-electron chi connectivity index (χ0n) is 16.8. The Morgan fingerprint density at radius 3 is 2.44 bits per heavy atom. The minimum absolute atomic E-state index is 0.0170. The van der Waals surface area contributed by atoms with Crippen LogP contribution in [0, 0.1) is 9.49 Å². The number of nitrogens with zero attached hydrogens (tertiary/aromatic N) is 1. The molecule has 2 rings (SSSR count). The summed E-state index contributed by atoms with van der Waals surface area (Å²) in [5.41, 5.74) is 0.689. The normalized spacial score (nSPS) is 16.2. The van der Waals surface area contributed by atoms with Crippen molar-refractivity contribution in [3.05, 3.63) is 33.4 Å². The van der Waals surface area contributed by atoms with Crippen LogP contribution < -0.4 is 5.32 Å². The Morgan fingerprint density at radius 2 is 1.85 bits per heavy atom. The van der Waals surface area contributed by atoms with Crippen molar-refractivity contribution >= 4 is 34.4 Å². The van der Waals surface area contributed by atoms with Gasteiger partial charge in [-0.2, -0.15) is 0 Å². The summed E-state index contributed by atoms with van der Waals surface area (Å²) >= 11 is 2.21. The van der Waals surface area contributed by atoms with Crippen molar-refractivity contribution < 1.29 is 9.59 Å². The van der Waals surface area contributed by atoms with Crippen LogP contribution in [0.3, 0.4) is 0 Å². The number of carbonyl (C=O) groups excluding carboxylic acids is 2. The van der Waals surface area contributed by atoms with Gasteiger partial charge in [-0.25, -0.2) is 0 Å². The summed E-state index contributed by atoms with van der Waals surface area (Å²) in [5, 5.41) is 3.10. The fraction of sp³-hybridized carbons (Fsp3) is 0.636. The quantitative estimate of drug-likeness (QED) is 0.417. The molecule has 1 unspecified atom stereocenters. The van der Waals surface area contributed by atoms with E-state index in [1.807, 2.05) is 43.0 Å². The molecule has 0 saturated heterocycles. The standard InChI is InChI=1S/C22H33IN2O2/c1-4-5-15-24-21(26)20(17-11-7-6-8-12-17)25(16(2)3)22(27)18-13-9-10-14-19(18)23/h9-10,13-14,16-17,20H,4-8,11-12,15H2,1-3H3,(H,24,26). The average molecular weight is 484 g/mol. The van der Waals surface area contributed by atoms with Crippen LogP contribution in [0.1, 0.15) is 76.1 Å². The summed E-state index contributed by atoms with van der Waals surface area (Å²) in [7, 11) is 0. The van der Waals surface area contributed by atoms with Gasteiger partial charge in [0.2, 0.25) is 5.91 Å². The van der Waals surface area contributed by atoms with Gasteiger partial charge in [0.05, 0.1) is 5.56 Å². The molecule has 5 heteroatoms. The lowest BCUT2D eigenvalue weighted by atomic mass is 9.82. The number of carbonyl (C=O) groups is 2. The van der Waals surface area contributed by atoms with Gasteiger partial charge in [-0.05, 0) is 73.8 Å². The third kappa shape index (κ3) is 5.93. The van der Waals surface area contributed by atoms with Crippen molar-refractivity contribution in [3.8, 4) is 0 Å². The van der Waals surface area contributed by atoms with Gasteiger partial charge >= 0.3 is 0 Å². The number of halogens is 1. The summed E-state index contributed by atoms with van der Waals surface area (Å²) in [6, 6.07) is 7.23. The molecule has 0 aliphatic heterocycles. The van der Waals surface area contributed by atoms with Gasteiger partial charge in [0.1, 0.15) is 6.04 Å². The molecule has 1 fully saturated rings. The molecule has 0 bridgehead atoms. The van der Waals surface area contributed by atoms with Crippen LogP contribution in [0.25, 0.3) is 0 Å². The molecule has 1 aromatic rings. The highest BCUT2D eigenvalue weighted by Crippen LogP contribution is 2.31. The van der Waals surface area contributed by atoms with Gasteiger partial charge in [0, 0.05) is 16.2 Å². The molecule has 2 amide bonds. The van der Waals surface area contributed by atoms with Crippen LogP contribution in [0.5, 0.6) is 0 Å². The first-order chi connectivity index (χ1) is 13.0. The molecule has 0 aromatic heterocycles. The Bertz CT molecular complexity index is 626. The topological polar surface area (TPSA) is 49.4 Å². The molecule has 1 aliphatic carbocycles. The maximum absolute atomic E-state index is 13.5. The van der Waals surface area contributed by atoms with Crippen molar-refractivity contribution in [2.24, 2.45) is 5.92 Å². The minimum atomic E-state index is -0.384. The van der Waals surface area contributed by atoms with Crippen LogP contribution in [0.4, 0.5) is 0 Å². The van der Waals surface area contributed by atoms with Crippen molar-refractivity contribution in [1.82, 2.24) is 10.2 Å². The highest BCUT2D eigenvalue weighted by Gasteiger charge is 2.38. The summed E-state index contributed by atoms with van der Waals surface area (Å²) in [6.07, 6.45) is 7.58. The zero-order chi connectivity index (χ0) is 19.8. The molecular weight excluding hydrogens is 451 g/mol. The summed E-state index contributed by atoms with van der Waals surface area (Å²) < 4.78 is 0.930. The van der Waals surface area contributed by atoms with E-state index in [0.717, 1.165) is 42.1 Å². The molecule has 150 valence electrons. The van der Waals surface area contributed by atoms with E-state index in [0.29, 0.717) is 12.1 Å². The lowest BCUT2D eigenvalue weighted by molar-refractivity contribution is -0.128. The molecule has 0 heterocycles. The fourth-order valence-corrected chi connectivity index (χ4v) is 4.58. The second-order valence-corrected chi connectivity index (χ2v) is 8.94. The molecule has 1 N–H and O–H groups in total. The van der Waals surface area contributed by atoms with E-state index >= 15 is 0 Å². The molecule has 1 saturated carbocycles. The van der Waals surface area contributed by atoms with Gasteiger partial charge in [0.15, 0.2) is 0 Å². The zero-order valence-corrected chi connectivity index (χ0v) is 19.0. The van der Waals surface area contributed by atoms with Crippen LogP contribution >= 0.6 is 22.6 Å². The van der Waals surface area contributed by atoms with Gasteiger partial charge in [-0.1, -0.05) is 44.7 Å². The van der Waals surface area contributed by atoms with E-state index in [9.17, 15) is 9.59 Å². The van der Waals surface area contributed by atoms with E-state index in [2.05, 4.69) is 34.8 Å². The van der Waals surface area contributed by atoms with Gasteiger partial charge in [-0.15, -0.1) is 0 Å². The second-order valence-electron chi connectivity index (χ2n) is 7.77.